The van der Waals surface area contributed by atoms with Crippen LogP contribution in [-0.2, 0) is 4.79 Å². The predicted octanol–water partition coefficient (Wildman–Crippen LogP) is 2.24. The molecular weight excluding hydrogens is 162 g/mol. The summed E-state index contributed by atoms with van der Waals surface area (Å²) in [5.74, 6) is 0.439. The van der Waals surface area contributed by atoms with Crippen molar-refractivity contribution < 1.29 is 4.79 Å². The molecule has 0 aromatic heterocycles. The van der Waals surface area contributed by atoms with Crippen molar-refractivity contribution in [2.24, 2.45) is 11.3 Å². The molecule has 0 aliphatic heterocycles. The van der Waals surface area contributed by atoms with E-state index in [4.69, 9.17) is 0 Å². The molecule has 0 saturated heterocycles. The van der Waals surface area contributed by atoms with Crippen molar-refractivity contribution in [1.29, 1.82) is 0 Å². The number of carbonyl (C=O) groups is 1. The third kappa shape index (κ3) is 3.11. The molecule has 2 unspecified atom stereocenters. The zero-order valence-electron chi connectivity index (χ0n) is 9.77. The molecule has 0 aliphatic carbocycles. The quantitative estimate of drug-likeness (QED) is 0.711. The highest BCUT2D eigenvalue weighted by molar-refractivity contribution is 5.86. The molecule has 0 heterocycles. The number of ketones is 1. The Morgan fingerprint density at radius 1 is 1.38 bits per heavy atom. The van der Waals surface area contributed by atoms with Gasteiger partial charge in [0.15, 0.2) is 5.78 Å². The van der Waals surface area contributed by atoms with Crippen molar-refractivity contribution >= 4 is 5.78 Å². The van der Waals surface area contributed by atoms with E-state index in [9.17, 15) is 4.79 Å². The van der Waals surface area contributed by atoms with Gasteiger partial charge in [0.05, 0.1) is 6.04 Å². The van der Waals surface area contributed by atoms with Gasteiger partial charge in [0.25, 0.3) is 0 Å². The first-order valence-electron chi connectivity index (χ1n) is 5.07. The number of hydrogen-bond donors (Lipinski definition) is 1. The molecule has 0 saturated carbocycles. The first kappa shape index (κ1) is 12.6. The summed E-state index contributed by atoms with van der Waals surface area (Å²) < 4.78 is 0. The lowest BCUT2D eigenvalue weighted by Crippen LogP contribution is -2.40. The van der Waals surface area contributed by atoms with Crippen LogP contribution in [0.25, 0.3) is 0 Å². The molecule has 2 nitrogen and oxygen atoms in total. The fraction of sp³-hybridized carbons (Fsp3) is 0.909. The Morgan fingerprint density at radius 2 is 1.85 bits per heavy atom. The van der Waals surface area contributed by atoms with Gasteiger partial charge in [-0.25, -0.2) is 0 Å². The van der Waals surface area contributed by atoms with Crippen molar-refractivity contribution in [1.82, 2.24) is 5.32 Å². The van der Waals surface area contributed by atoms with Crippen LogP contribution in [0.3, 0.4) is 0 Å². The van der Waals surface area contributed by atoms with E-state index < -0.39 is 0 Å². The maximum absolute atomic E-state index is 11.8. The second-order valence-corrected chi connectivity index (χ2v) is 4.48. The number of Topliss-reactive ketones (excluding diaryl/α,β-unsaturated/α-hetero) is 1. The summed E-state index contributed by atoms with van der Waals surface area (Å²) in [5, 5.41) is 2.99. The highest BCUT2D eigenvalue weighted by Crippen LogP contribution is 2.31. The Hall–Kier alpha value is -0.370. The molecular formula is C11H23NO. The van der Waals surface area contributed by atoms with Gasteiger partial charge < -0.3 is 5.32 Å². The topological polar surface area (TPSA) is 29.1 Å². The van der Waals surface area contributed by atoms with Gasteiger partial charge in [-0.3, -0.25) is 4.79 Å². The smallest absolute Gasteiger partial charge is 0.152 e. The van der Waals surface area contributed by atoms with Crippen LogP contribution in [0.5, 0.6) is 0 Å². The number of carbonyl (C=O) groups excluding carboxylic acids is 1. The van der Waals surface area contributed by atoms with E-state index in [1.54, 1.807) is 0 Å². The van der Waals surface area contributed by atoms with E-state index in [1.165, 1.54) is 0 Å². The molecule has 0 rings (SSSR count). The highest BCUT2D eigenvalue weighted by Gasteiger charge is 2.31. The normalized spacial score (nSPS) is 16.8. The van der Waals surface area contributed by atoms with E-state index >= 15 is 0 Å². The molecule has 0 radical (unpaired) electrons. The molecule has 0 aliphatic rings. The summed E-state index contributed by atoms with van der Waals surface area (Å²) in [5.41, 5.74) is 0.113. The molecule has 0 amide bonds. The largest absolute Gasteiger partial charge is 0.311 e. The summed E-state index contributed by atoms with van der Waals surface area (Å²) in [6.45, 7) is 10.4. The van der Waals surface area contributed by atoms with Crippen LogP contribution < -0.4 is 5.32 Å². The van der Waals surface area contributed by atoms with Crippen molar-refractivity contribution in [3.63, 3.8) is 0 Å². The third-order valence-electron chi connectivity index (χ3n) is 3.37. The monoisotopic (exact) mass is 185 g/mol. The lowest BCUT2D eigenvalue weighted by Gasteiger charge is -2.31. The zero-order valence-corrected chi connectivity index (χ0v) is 9.77. The third-order valence-corrected chi connectivity index (χ3v) is 3.37. The molecule has 1 N–H and O–H groups in total. The van der Waals surface area contributed by atoms with E-state index in [2.05, 4.69) is 26.1 Å². The minimum atomic E-state index is -0.0270. The standard InChI is InChI=1S/C11H23NO/c1-7-11(4,5)8(2)10(13)9(3)12-6/h8-9,12H,7H2,1-6H3. The van der Waals surface area contributed by atoms with Gasteiger partial charge in [0, 0.05) is 5.92 Å². The van der Waals surface area contributed by atoms with Gasteiger partial charge in [0.2, 0.25) is 0 Å². The highest BCUT2D eigenvalue weighted by atomic mass is 16.1. The van der Waals surface area contributed by atoms with Crippen LogP contribution in [0.15, 0.2) is 0 Å². The molecule has 0 bridgehead atoms. The summed E-state index contributed by atoms with van der Waals surface area (Å²) in [7, 11) is 1.83. The van der Waals surface area contributed by atoms with Crippen LogP contribution >= 0.6 is 0 Å². The summed E-state index contributed by atoms with van der Waals surface area (Å²) in [6, 6.07) is -0.0270. The number of hydrogen-bond acceptors (Lipinski definition) is 2. The van der Waals surface area contributed by atoms with Crippen molar-refractivity contribution in [2.75, 3.05) is 7.05 Å². The van der Waals surface area contributed by atoms with E-state index in [1.807, 2.05) is 20.9 Å². The average Bonchev–Trinajstić information content (AvgIpc) is 2.14. The fourth-order valence-electron chi connectivity index (χ4n) is 1.21. The average molecular weight is 185 g/mol. The van der Waals surface area contributed by atoms with Crippen molar-refractivity contribution in [3.05, 3.63) is 0 Å². The molecule has 2 heteroatoms. The van der Waals surface area contributed by atoms with Crippen LogP contribution in [0.2, 0.25) is 0 Å². The van der Waals surface area contributed by atoms with E-state index in [0.717, 1.165) is 6.42 Å². The maximum Gasteiger partial charge on any atom is 0.152 e. The molecule has 13 heavy (non-hydrogen) atoms. The molecule has 0 aromatic rings. The Kier molecular flexibility index (Phi) is 4.62. The van der Waals surface area contributed by atoms with Gasteiger partial charge in [-0.05, 0) is 19.4 Å². The lowest BCUT2D eigenvalue weighted by molar-refractivity contribution is -0.127. The maximum atomic E-state index is 11.8. The Balaban J connectivity index is 4.42. The van der Waals surface area contributed by atoms with Crippen LogP contribution in [0, 0.1) is 11.3 Å². The second kappa shape index (κ2) is 4.75. The Bertz CT molecular complexity index is 175. The SMILES string of the molecule is CCC(C)(C)C(C)C(=O)C(C)NC. The van der Waals surface area contributed by atoms with Gasteiger partial charge in [0.1, 0.15) is 0 Å². The van der Waals surface area contributed by atoms with Crippen LogP contribution in [0.1, 0.15) is 41.0 Å². The number of likely N-dealkylation sites (N-methyl/N-ethyl adjacent to an activating group) is 1. The molecule has 0 fully saturated rings. The molecule has 78 valence electrons. The first-order valence-corrected chi connectivity index (χ1v) is 5.07. The molecule has 0 spiro atoms. The number of nitrogens with one attached hydrogen (secondary N) is 1. The lowest BCUT2D eigenvalue weighted by atomic mass is 9.74. The zero-order chi connectivity index (χ0) is 10.6. The summed E-state index contributed by atoms with van der Waals surface area (Å²) >= 11 is 0. The minimum Gasteiger partial charge on any atom is -0.311 e. The fourth-order valence-corrected chi connectivity index (χ4v) is 1.21. The molecule has 0 aromatic carbocycles. The Morgan fingerprint density at radius 3 is 2.15 bits per heavy atom. The van der Waals surface area contributed by atoms with Gasteiger partial charge in [-0.15, -0.1) is 0 Å². The minimum absolute atomic E-state index is 0.0270. The van der Waals surface area contributed by atoms with Crippen LogP contribution in [0.4, 0.5) is 0 Å². The van der Waals surface area contributed by atoms with E-state index in [-0.39, 0.29) is 17.4 Å². The Labute approximate surface area is 82.1 Å². The van der Waals surface area contributed by atoms with Crippen molar-refractivity contribution in [2.45, 2.75) is 47.1 Å². The number of rotatable bonds is 5. The second-order valence-electron chi connectivity index (χ2n) is 4.48. The summed E-state index contributed by atoms with van der Waals surface area (Å²) in [6.07, 6.45) is 1.04. The van der Waals surface area contributed by atoms with Gasteiger partial charge in [-0.2, -0.15) is 0 Å². The predicted molar refractivity (Wildman–Crippen MR) is 56.8 cm³/mol. The first-order chi connectivity index (χ1) is 5.86. The van der Waals surface area contributed by atoms with Gasteiger partial charge >= 0.3 is 0 Å². The van der Waals surface area contributed by atoms with Crippen molar-refractivity contribution in [3.8, 4) is 0 Å². The molecule has 2 atom stereocenters. The summed E-state index contributed by atoms with van der Waals surface area (Å²) in [4.78, 5) is 11.8. The van der Waals surface area contributed by atoms with Gasteiger partial charge in [-0.1, -0.05) is 34.1 Å². The van der Waals surface area contributed by atoms with E-state index in [0.29, 0.717) is 5.78 Å². The van der Waals surface area contributed by atoms with Crippen LogP contribution in [-0.4, -0.2) is 18.9 Å².